The first kappa shape index (κ1) is 21.8. The first-order valence-electron chi connectivity index (χ1n) is 9.90. The summed E-state index contributed by atoms with van der Waals surface area (Å²) in [6, 6.07) is 17.1. The van der Waals surface area contributed by atoms with Gasteiger partial charge in [0, 0.05) is 25.0 Å². The summed E-state index contributed by atoms with van der Waals surface area (Å²) >= 11 is 1.49. The lowest BCUT2D eigenvalue weighted by molar-refractivity contribution is 0.0937. The minimum atomic E-state index is -0.318. The molecule has 1 amide bonds. The Morgan fingerprint density at radius 2 is 1.91 bits per heavy atom. The van der Waals surface area contributed by atoms with Gasteiger partial charge in [-0.1, -0.05) is 23.9 Å². The third-order valence-corrected chi connectivity index (χ3v) is 5.64. The second-order valence-electron chi connectivity index (χ2n) is 6.83. The van der Waals surface area contributed by atoms with E-state index in [1.165, 1.54) is 23.9 Å². The van der Waals surface area contributed by atoms with Crippen LogP contribution in [0.5, 0.6) is 0 Å². The monoisotopic (exact) mass is 452 g/mol. The highest BCUT2D eigenvalue weighted by Gasteiger charge is 2.18. The van der Waals surface area contributed by atoms with Crippen molar-refractivity contribution in [2.75, 3.05) is 20.3 Å². The van der Waals surface area contributed by atoms with Gasteiger partial charge >= 0.3 is 0 Å². The normalized spacial score (nSPS) is 10.9. The Morgan fingerprint density at radius 1 is 1.12 bits per heavy atom. The van der Waals surface area contributed by atoms with Crippen molar-refractivity contribution in [2.45, 2.75) is 10.9 Å². The molecule has 0 aliphatic rings. The number of carbonyl (C=O) groups is 1. The van der Waals surface area contributed by atoms with Crippen LogP contribution in [0.1, 0.15) is 15.9 Å². The minimum Gasteiger partial charge on any atom is -0.461 e. The van der Waals surface area contributed by atoms with E-state index < -0.39 is 0 Å². The van der Waals surface area contributed by atoms with Crippen molar-refractivity contribution in [3.63, 3.8) is 0 Å². The molecule has 0 bridgehead atoms. The maximum atomic E-state index is 13.4. The van der Waals surface area contributed by atoms with E-state index in [4.69, 9.17) is 9.15 Å². The summed E-state index contributed by atoms with van der Waals surface area (Å²) in [7, 11) is 1.59. The maximum absolute atomic E-state index is 13.4. The smallest absolute Gasteiger partial charge is 0.251 e. The van der Waals surface area contributed by atoms with Gasteiger partial charge in [0.05, 0.1) is 18.6 Å². The van der Waals surface area contributed by atoms with E-state index in [2.05, 4.69) is 15.5 Å². The van der Waals surface area contributed by atoms with Crippen molar-refractivity contribution in [2.24, 2.45) is 0 Å². The second-order valence-corrected chi connectivity index (χ2v) is 7.77. The second kappa shape index (κ2) is 10.3. The largest absolute Gasteiger partial charge is 0.461 e. The number of hydrogen-bond acceptors (Lipinski definition) is 6. The number of amides is 1. The summed E-state index contributed by atoms with van der Waals surface area (Å²) in [5.74, 6) is 1.26. The minimum absolute atomic E-state index is 0.139. The average molecular weight is 453 g/mol. The molecule has 4 aromatic rings. The number of nitrogens with zero attached hydrogens (tertiary/aromatic N) is 3. The predicted molar refractivity (Wildman–Crippen MR) is 119 cm³/mol. The first-order valence-corrected chi connectivity index (χ1v) is 10.9. The van der Waals surface area contributed by atoms with Crippen LogP contribution in [-0.2, 0) is 10.5 Å². The summed E-state index contributed by atoms with van der Waals surface area (Å²) in [5, 5.41) is 12.0. The van der Waals surface area contributed by atoms with E-state index in [0.717, 1.165) is 11.3 Å². The molecule has 2 aromatic carbocycles. The van der Waals surface area contributed by atoms with Crippen LogP contribution < -0.4 is 5.32 Å². The summed E-state index contributed by atoms with van der Waals surface area (Å²) in [5.41, 5.74) is 2.34. The molecular weight excluding hydrogens is 431 g/mol. The van der Waals surface area contributed by atoms with E-state index in [1.54, 1.807) is 49.8 Å². The molecule has 0 unspecified atom stereocenters. The highest BCUT2D eigenvalue weighted by atomic mass is 32.2. The number of hydrogen-bond donors (Lipinski definition) is 1. The standard InChI is InChI=1S/C23H21FN4O3S/c1-30-14-12-25-22(29)17-6-4-16(5-7-17)15-32-23-27-26-21(20-3-2-13-31-20)28(23)19-10-8-18(24)9-11-19/h2-11,13H,12,14-15H2,1H3,(H,25,29). The number of halogens is 1. The number of methoxy groups -OCH3 is 1. The molecule has 9 heteroatoms. The van der Waals surface area contributed by atoms with Crippen LogP contribution in [0.3, 0.4) is 0 Å². The highest BCUT2D eigenvalue weighted by Crippen LogP contribution is 2.30. The molecule has 2 aromatic heterocycles. The zero-order valence-electron chi connectivity index (χ0n) is 17.3. The molecule has 0 fully saturated rings. The van der Waals surface area contributed by atoms with Crippen LogP contribution in [-0.4, -0.2) is 40.9 Å². The third kappa shape index (κ3) is 5.06. The van der Waals surface area contributed by atoms with Gasteiger partial charge in [0.15, 0.2) is 10.9 Å². The fourth-order valence-electron chi connectivity index (χ4n) is 3.02. The number of ether oxygens (including phenoxy) is 1. The van der Waals surface area contributed by atoms with Crippen LogP contribution in [0.25, 0.3) is 17.3 Å². The van der Waals surface area contributed by atoms with Crippen LogP contribution in [0.4, 0.5) is 4.39 Å². The molecule has 7 nitrogen and oxygen atoms in total. The molecule has 0 saturated carbocycles. The van der Waals surface area contributed by atoms with E-state index in [0.29, 0.717) is 41.2 Å². The maximum Gasteiger partial charge on any atom is 0.251 e. The summed E-state index contributed by atoms with van der Waals surface area (Å²) in [6.45, 7) is 0.930. The van der Waals surface area contributed by atoms with Crippen molar-refractivity contribution in [3.05, 3.63) is 83.9 Å². The summed E-state index contributed by atoms with van der Waals surface area (Å²) in [6.07, 6.45) is 1.57. The van der Waals surface area contributed by atoms with Crippen LogP contribution in [0, 0.1) is 5.82 Å². The van der Waals surface area contributed by atoms with E-state index >= 15 is 0 Å². The molecular formula is C23H21FN4O3S. The van der Waals surface area contributed by atoms with Crippen molar-refractivity contribution >= 4 is 17.7 Å². The lowest BCUT2D eigenvalue weighted by Crippen LogP contribution is -2.26. The van der Waals surface area contributed by atoms with E-state index in [1.807, 2.05) is 16.7 Å². The molecule has 32 heavy (non-hydrogen) atoms. The number of nitrogens with one attached hydrogen (secondary N) is 1. The van der Waals surface area contributed by atoms with Gasteiger partial charge in [-0.2, -0.15) is 0 Å². The lowest BCUT2D eigenvalue weighted by atomic mass is 10.1. The molecule has 4 rings (SSSR count). The van der Waals surface area contributed by atoms with Gasteiger partial charge in [-0.25, -0.2) is 4.39 Å². The average Bonchev–Trinajstić information content (AvgIpc) is 3.49. The van der Waals surface area contributed by atoms with Crippen molar-refractivity contribution < 1.29 is 18.3 Å². The van der Waals surface area contributed by atoms with E-state index in [-0.39, 0.29) is 11.7 Å². The SMILES string of the molecule is COCCNC(=O)c1ccc(CSc2nnc(-c3ccco3)n2-c2ccc(F)cc2)cc1. The number of rotatable bonds is 9. The fourth-order valence-corrected chi connectivity index (χ4v) is 3.93. The molecule has 0 atom stereocenters. The van der Waals surface area contributed by atoms with Gasteiger partial charge in [-0.15, -0.1) is 10.2 Å². The van der Waals surface area contributed by atoms with Crippen LogP contribution >= 0.6 is 11.8 Å². The first-order chi connectivity index (χ1) is 15.7. The van der Waals surface area contributed by atoms with Crippen LogP contribution in [0.15, 0.2) is 76.5 Å². The van der Waals surface area contributed by atoms with Crippen molar-refractivity contribution in [1.29, 1.82) is 0 Å². The van der Waals surface area contributed by atoms with Gasteiger partial charge in [-0.3, -0.25) is 9.36 Å². The van der Waals surface area contributed by atoms with Gasteiger partial charge in [0.25, 0.3) is 5.91 Å². The number of furan rings is 1. The molecule has 0 radical (unpaired) electrons. The number of thioether (sulfide) groups is 1. The Hall–Kier alpha value is -3.43. The lowest BCUT2D eigenvalue weighted by Gasteiger charge is -2.09. The van der Waals surface area contributed by atoms with Crippen LogP contribution in [0.2, 0.25) is 0 Å². The number of benzene rings is 2. The zero-order valence-corrected chi connectivity index (χ0v) is 18.1. The van der Waals surface area contributed by atoms with E-state index in [9.17, 15) is 9.18 Å². The van der Waals surface area contributed by atoms with Gasteiger partial charge < -0.3 is 14.5 Å². The summed E-state index contributed by atoms with van der Waals surface area (Å²) < 4.78 is 25.7. The number of carbonyl (C=O) groups excluding carboxylic acids is 1. The Bertz CT molecular complexity index is 1160. The third-order valence-electron chi connectivity index (χ3n) is 4.64. The topological polar surface area (TPSA) is 82.2 Å². The van der Waals surface area contributed by atoms with Gasteiger partial charge in [0.1, 0.15) is 5.82 Å². The Labute approximate surface area is 188 Å². The Morgan fingerprint density at radius 3 is 2.59 bits per heavy atom. The van der Waals surface area contributed by atoms with Gasteiger partial charge in [0.2, 0.25) is 5.82 Å². The fraction of sp³-hybridized carbons (Fsp3) is 0.174. The summed E-state index contributed by atoms with van der Waals surface area (Å²) in [4.78, 5) is 12.1. The predicted octanol–water partition coefficient (Wildman–Crippen LogP) is 4.33. The van der Waals surface area contributed by atoms with Crippen molar-refractivity contribution in [3.8, 4) is 17.3 Å². The van der Waals surface area contributed by atoms with Crippen molar-refractivity contribution in [1.82, 2.24) is 20.1 Å². The molecule has 0 spiro atoms. The zero-order chi connectivity index (χ0) is 22.3. The molecule has 0 saturated heterocycles. The molecule has 1 N–H and O–H groups in total. The quantitative estimate of drug-likeness (QED) is 0.301. The van der Waals surface area contributed by atoms with Gasteiger partial charge in [-0.05, 0) is 54.1 Å². The Kier molecular flexibility index (Phi) is 6.98. The highest BCUT2D eigenvalue weighted by molar-refractivity contribution is 7.98. The number of aromatic nitrogens is 3. The molecule has 0 aliphatic carbocycles. The molecule has 164 valence electrons. The Balaban J connectivity index is 1.51. The molecule has 0 aliphatic heterocycles. The molecule has 2 heterocycles.